The fraction of sp³-hybridized carbons (Fsp3) is 0.217. The van der Waals surface area contributed by atoms with Gasteiger partial charge >= 0.3 is 5.97 Å². The zero-order valence-corrected chi connectivity index (χ0v) is 19.2. The van der Waals surface area contributed by atoms with Crippen LogP contribution in [0.2, 0.25) is 0 Å². The molecule has 0 fully saturated rings. The van der Waals surface area contributed by atoms with Crippen LogP contribution in [0.5, 0.6) is 0 Å². The molecule has 0 spiro atoms. The van der Waals surface area contributed by atoms with Crippen molar-refractivity contribution in [3.8, 4) is 11.3 Å². The van der Waals surface area contributed by atoms with Crippen LogP contribution in [0.3, 0.4) is 0 Å². The van der Waals surface area contributed by atoms with E-state index in [1.165, 1.54) is 12.1 Å². The summed E-state index contributed by atoms with van der Waals surface area (Å²) in [6.45, 7) is 2.94. The van der Waals surface area contributed by atoms with Crippen molar-refractivity contribution in [1.82, 2.24) is 10.3 Å². The number of carbonyl (C=O) groups is 3. The lowest BCUT2D eigenvalue weighted by Crippen LogP contribution is -2.45. The summed E-state index contributed by atoms with van der Waals surface area (Å²) >= 11 is 1.13. The van der Waals surface area contributed by atoms with Crippen LogP contribution in [-0.2, 0) is 14.3 Å². The molecule has 10 nitrogen and oxygen atoms in total. The summed E-state index contributed by atoms with van der Waals surface area (Å²) in [7, 11) is 0. The highest BCUT2D eigenvalue weighted by Crippen LogP contribution is 2.27. The Morgan fingerprint density at radius 3 is 2.53 bits per heavy atom. The van der Waals surface area contributed by atoms with Gasteiger partial charge in [-0.05, 0) is 18.1 Å². The van der Waals surface area contributed by atoms with Gasteiger partial charge in [-0.1, -0.05) is 44.2 Å². The summed E-state index contributed by atoms with van der Waals surface area (Å²) in [6.07, 6.45) is 0. The number of anilines is 1. The molecule has 11 heteroatoms. The Morgan fingerprint density at radius 1 is 1.12 bits per heavy atom. The van der Waals surface area contributed by atoms with E-state index < -0.39 is 35.4 Å². The maximum atomic E-state index is 12.5. The third-order valence-corrected chi connectivity index (χ3v) is 5.45. The number of non-ortho nitro benzene ring substituents is 1. The summed E-state index contributed by atoms with van der Waals surface area (Å²) in [6, 6.07) is 13.5. The highest BCUT2D eigenvalue weighted by atomic mass is 32.1. The van der Waals surface area contributed by atoms with Crippen LogP contribution in [-0.4, -0.2) is 40.3 Å². The van der Waals surface area contributed by atoms with Crippen LogP contribution < -0.4 is 10.6 Å². The second kappa shape index (κ2) is 11.1. The van der Waals surface area contributed by atoms with Crippen molar-refractivity contribution in [1.29, 1.82) is 0 Å². The van der Waals surface area contributed by atoms with Gasteiger partial charge < -0.3 is 10.1 Å². The average Bonchev–Trinajstić information content (AvgIpc) is 3.29. The Labute approximate surface area is 199 Å². The van der Waals surface area contributed by atoms with Gasteiger partial charge in [-0.2, -0.15) is 0 Å². The molecule has 2 N–H and O–H groups in total. The third-order valence-electron chi connectivity index (χ3n) is 4.69. The summed E-state index contributed by atoms with van der Waals surface area (Å²) in [4.78, 5) is 51.8. The molecule has 2 aromatic carbocycles. The molecular formula is C23H22N4O6S. The Hall–Kier alpha value is -4.12. The first kappa shape index (κ1) is 24.5. The molecular weight excluding hydrogens is 460 g/mol. The van der Waals surface area contributed by atoms with Gasteiger partial charge in [-0.25, -0.2) is 9.78 Å². The van der Waals surface area contributed by atoms with Gasteiger partial charge in [0, 0.05) is 28.6 Å². The monoisotopic (exact) mass is 482 g/mol. The van der Waals surface area contributed by atoms with Crippen molar-refractivity contribution in [2.24, 2.45) is 5.92 Å². The van der Waals surface area contributed by atoms with E-state index in [2.05, 4.69) is 15.6 Å². The molecule has 0 aliphatic rings. The SMILES string of the molecule is CC(C)[C@H](NC(=O)c1ccccc1)C(=O)OCC(=O)Nc1nc(-c2cccc([N+](=O)[O-])c2)cs1. The minimum absolute atomic E-state index is 0.0675. The van der Waals surface area contributed by atoms with Crippen LogP contribution in [0.25, 0.3) is 11.3 Å². The Bertz CT molecular complexity index is 1190. The third kappa shape index (κ3) is 6.45. The fourth-order valence-corrected chi connectivity index (χ4v) is 3.67. The number of thiazole rings is 1. The molecule has 0 bridgehead atoms. The van der Waals surface area contributed by atoms with E-state index in [9.17, 15) is 24.5 Å². The predicted molar refractivity (Wildman–Crippen MR) is 126 cm³/mol. The summed E-state index contributed by atoms with van der Waals surface area (Å²) < 4.78 is 5.11. The van der Waals surface area contributed by atoms with E-state index in [1.54, 1.807) is 61.7 Å². The normalized spacial score (nSPS) is 11.5. The van der Waals surface area contributed by atoms with Crippen LogP contribution in [0.15, 0.2) is 60.0 Å². The van der Waals surface area contributed by atoms with Crippen molar-refractivity contribution in [2.75, 3.05) is 11.9 Å². The minimum atomic E-state index is -0.930. The fourth-order valence-electron chi connectivity index (χ4n) is 2.94. The smallest absolute Gasteiger partial charge is 0.329 e. The zero-order valence-electron chi connectivity index (χ0n) is 18.4. The lowest BCUT2D eigenvalue weighted by Gasteiger charge is -2.20. The molecule has 3 aromatic rings. The maximum absolute atomic E-state index is 12.5. The maximum Gasteiger partial charge on any atom is 0.329 e. The number of aromatic nitrogens is 1. The molecule has 2 amide bonds. The summed E-state index contributed by atoms with van der Waals surface area (Å²) in [5.41, 5.74) is 1.33. The molecule has 176 valence electrons. The largest absolute Gasteiger partial charge is 0.454 e. The number of nitro groups is 1. The molecule has 3 rings (SSSR count). The number of hydrogen-bond donors (Lipinski definition) is 2. The van der Waals surface area contributed by atoms with Crippen molar-refractivity contribution in [2.45, 2.75) is 19.9 Å². The molecule has 0 saturated carbocycles. The average molecular weight is 483 g/mol. The number of benzene rings is 2. The number of nitrogens with one attached hydrogen (secondary N) is 2. The van der Waals surface area contributed by atoms with Crippen LogP contribution in [0, 0.1) is 16.0 Å². The van der Waals surface area contributed by atoms with Gasteiger partial charge in [0.05, 0.1) is 10.6 Å². The van der Waals surface area contributed by atoms with Crippen molar-refractivity contribution in [3.63, 3.8) is 0 Å². The predicted octanol–water partition coefficient (Wildman–Crippen LogP) is 3.65. The molecule has 1 heterocycles. The van der Waals surface area contributed by atoms with E-state index >= 15 is 0 Å². The van der Waals surface area contributed by atoms with Crippen molar-refractivity contribution < 1.29 is 24.0 Å². The number of amides is 2. The Morgan fingerprint density at radius 2 is 1.85 bits per heavy atom. The Kier molecular flexibility index (Phi) is 8.04. The number of nitro benzene ring substituents is 1. The van der Waals surface area contributed by atoms with Crippen LogP contribution in [0.1, 0.15) is 24.2 Å². The zero-order chi connectivity index (χ0) is 24.7. The molecule has 1 aromatic heterocycles. The Balaban J connectivity index is 1.55. The minimum Gasteiger partial charge on any atom is -0.454 e. The van der Waals surface area contributed by atoms with Crippen molar-refractivity contribution >= 4 is 39.9 Å². The van der Waals surface area contributed by atoms with Gasteiger partial charge in [0.25, 0.3) is 17.5 Å². The van der Waals surface area contributed by atoms with E-state index in [0.29, 0.717) is 16.8 Å². The number of carbonyl (C=O) groups excluding carboxylic acids is 3. The first-order valence-electron chi connectivity index (χ1n) is 10.3. The van der Waals surface area contributed by atoms with E-state index in [-0.39, 0.29) is 16.7 Å². The summed E-state index contributed by atoms with van der Waals surface area (Å²) in [5, 5.41) is 18.0. The quantitative estimate of drug-likeness (QED) is 0.269. The molecule has 0 radical (unpaired) electrons. The number of nitrogens with zero attached hydrogens (tertiary/aromatic N) is 2. The lowest BCUT2D eigenvalue weighted by molar-refractivity contribution is -0.384. The van der Waals surface area contributed by atoms with Gasteiger partial charge in [-0.15, -0.1) is 11.3 Å². The van der Waals surface area contributed by atoms with Gasteiger partial charge in [-0.3, -0.25) is 25.0 Å². The number of hydrogen-bond acceptors (Lipinski definition) is 8. The lowest BCUT2D eigenvalue weighted by atomic mass is 10.0. The second-order valence-electron chi connectivity index (χ2n) is 7.56. The van der Waals surface area contributed by atoms with E-state index in [0.717, 1.165) is 11.3 Å². The molecule has 34 heavy (non-hydrogen) atoms. The highest BCUT2D eigenvalue weighted by molar-refractivity contribution is 7.14. The van der Waals surface area contributed by atoms with Crippen molar-refractivity contribution in [3.05, 3.63) is 75.7 Å². The molecule has 0 aliphatic carbocycles. The number of ether oxygens (including phenoxy) is 1. The van der Waals surface area contributed by atoms with Gasteiger partial charge in [0.2, 0.25) is 0 Å². The second-order valence-corrected chi connectivity index (χ2v) is 8.42. The molecule has 0 unspecified atom stereocenters. The first-order chi connectivity index (χ1) is 16.2. The highest BCUT2D eigenvalue weighted by Gasteiger charge is 2.27. The van der Waals surface area contributed by atoms with Crippen LogP contribution in [0.4, 0.5) is 10.8 Å². The van der Waals surface area contributed by atoms with E-state index in [1.807, 2.05) is 0 Å². The summed E-state index contributed by atoms with van der Waals surface area (Å²) in [5.74, 6) is -2.02. The molecule has 0 saturated heterocycles. The standard InChI is InChI=1S/C23H22N4O6S/c1-14(2)20(26-21(29)15-7-4-3-5-8-15)22(30)33-12-19(28)25-23-24-18(13-34-23)16-9-6-10-17(11-16)27(31)32/h3-11,13-14,20H,12H2,1-2H3,(H,26,29)(H,24,25,28)/t20-/m0/s1. The number of esters is 1. The number of rotatable bonds is 9. The van der Waals surface area contributed by atoms with Gasteiger partial charge in [0.1, 0.15) is 6.04 Å². The van der Waals surface area contributed by atoms with E-state index in [4.69, 9.17) is 4.74 Å². The molecule has 1 atom stereocenters. The first-order valence-corrected chi connectivity index (χ1v) is 11.2. The molecule has 0 aliphatic heterocycles. The van der Waals surface area contributed by atoms with Gasteiger partial charge in [0.15, 0.2) is 11.7 Å². The van der Waals surface area contributed by atoms with Crippen LogP contribution >= 0.6 is 11.3 Å². The topological polar surface area (TPSA) is 141 Å².